The van der Waals surface area contributed by atoms with E-state index in [4.69, 9.17) is 4.74 Å². The summed E-state index contributed by atoms with van der Waals surface area (Å²) in [4.78, 5) is 17.7. The van der Waals surface area contributed by atoms with E-state index in [0.29, 0.717) is 6.04 Å². The summed E-state index contributed by atoms with van der Waals surface area (Å²) < 4.78 is 5.15. The first-order valence-electron chi connectivity index (χ1n) is 8.35. The van der Waals surface area contributed by atoms with Crippen molar-refractivity contribution in [3.05, 3.63) is 46.2 Å². The van der Waals surface area contributed by atoms with Crippen LogP contribution in [0.5, 0.6) is 5.75 Å². The van der Waals surface area contributed by atoms with Crippen molar-refractivity contribution in [2.24, 2.45) is 0 Å². The molecule has 2 heterocycles. The Hall–Kier alpha value is -1.85. The summed E-state index contributed by atoms with van der Waals surface area (Å²) in [7, 11) is 1.63. The number of rotatable bonds is 5. The van der Waals surface area contributed by atoms with E-state index in [1.54, 1.807) is 7.11 Å². The Labute approximate surface area is 147 Å². The van der Waals surface area contributed by atoms with Gasteiger partial charge in [-0.3, -0.25) is 9.69 Å². The molecule has 128 valence electrons. The van der Waals surface area contributed by atoms with Gasteiger partial charge in [0.1, 0.15) is 5.75 Å². The number of amides is 1. The van der Waals surface area contributed by atoms with E-state index in [2.05, 4.69) is 29.3 Å². The van der Waals surface area contributed by atoms with Gasteiger partial charge in [0.15, 0.2) is 0 Å². The Kier molecular flexibility index (Phi) is 5.21. The van der Waals surface area contributed by atoms with Gasteiger partial charge in [0.2, 0.25) is 5.91 Å². The zero-order chi connectivity index (χ0) is 17.1. The molecule has 1 aliphatic rings. The van der Waals surface area contributed by atoms with Crippen LogP contribution in [0.3, 0.4) is 0 Å². The van der Waals surface area contributed by atoms with Crippen molar-refractivity contribution < 1.29 is 9.53 Å². The van der Waals surface area contributed by atoms with E-state index in [-0.39, 0.29) is 11.9 Å². The second-order valence-electron chi connectivity index (χ2n) is 6.24. The van der Waals surface area contributed by atoms with Gasteiger partial charge in [0.05, 0.1) is 13.2 Å². The number of anilines is 1. The zero-order valence-corrected chi connectivity index (χ0v) is 15.2. The largest absolute Gasteiger partial charge is 0.497 e. The van der Waals surface area contributed by atoms with E-state index in [0.717, 1.165) is 30.8 Å². The summed E-state index contributed by atoms with van der Waals surface area (Å²) in [5.74, 6) is 0.828. The molecule has 0 aliphatic carbocycles. The minimum absolute atomic E-state index is 0.0420. The normalized spacial score (nSPS) is 19.2. The van der Waals surface area contributed by atoms with Gasteiger partial charge in [0.25, 0.3) is 0 Å². The van der Waals surface area contributed by atoms with Crippen molar-refractivity contribution in [1.82, 2.24) is 4.90 Å². The van der Waals surface area contributed by atoms with Crippen molar-refractivity contribution in [2.75, 3.05) is 19.0 Å². The fourth-order valence-electron chi connectivity index (χ4n) is 3.26. The topological polar surface area (TPSA) is 41.6 Å². The van der Waals surface area contributed by atoms with Crippen molar-refractivity contribution in [3.63, 3.8) is 0 Å². The Balaban J connectivity index is 1.67. The third-order valence-corrected chi connectivity index (χ3v) is 5.72. The highest BCUT2D eigenvalue weighted by atomic mass is 32.1. The summed E-state index contributed by atoms with van der Waals surface area (Å²) in [6.45, 7) is 5.10. The molecular formula is C19H24N2O2S. The lowest BCUT2D eigenvalue weighted by Gasteiger charge is -2.29. The predicted molar refractivity (Wildman–Crippen MR) is 98.8 cm³/mol. The van der Waals surface area contributed by atoms with Crippen LogP contribution in [-0.2, 0) is 4.79 Å². The van der Waals surface area contributed by atoms with Crippen molar-refractivity contribution >= 4 is 22.9 Å². The molecule has 2 unspecified atom stereocenters. The van der Waals surface area contributed by atoms with E-state index < -0.39 is 0 Å². The molecule has 0 radical (unpaired) electrons. The quantitative estimate of drug-likeness (QED) is 0.882. The number of carbonyl (C=O) groups is 1. The lowest BCUT2D eigenvalue weighted by molar-refractivity contribution is -0.121. The van der Waals surface area contributed by atoms with Gasteiger partial charge in [-0.2, -0.15) is 0 Å². The molecule has 1 amide bonds. The number of hydrogen-bond donors (Lipinski definition) is 1. The fourth-order valence-corrected chi connectivity index (χ4v) is 4.30. The molecule has 0 spiro atoms. The number of nitrogens with one attached hydrogen (secondary N) is 1. The summed E-state index contributed by atoms with van der Waals surface area (Å²) in [6, 6.07) is 12.0. The maximum absolute atomic E-state index is 12.7. The van der Waals surface area contributed by atoms with Crippen molar-refractivity contribution in [2.45, 2.75) is 38.8 Å². The van der Waals surface area contributed by atoms with Gasteiger partial charge < -0.3 is 10.1 Å². The van der Waals surface area contributed by atoms with Crippen LogP contribution in [0.15, 0.2) is 36.4 Å². The molecule has 1 aromatic heterocycles. The second-order valence-corrected chi connectivity index (χ2v) is 7.56. The summed E-state index contributed by atoms with van der Waals surface area (Å²) >= 11 is 1.84. The number of aryl methyl sites for hydroxylation is 1. The molecule has 1 fully saturated rings. The first-order valence-corrected chi connectivity index (χ1v) is 9.17. The molecule has 2 atom stereocenters. The van der Waals surface area contributed by atoms with E-state index in [9.17, 15) is 4.79 Å². The van der Waals surface area contributed by atoms with Crippen LogP contribution in [0.4, 0.5) is 5.69 Å². The lowest BCUT2D eigenvalue weighted by atomic mass is 10.1. The first-order chi connectivity index (χ1) is 11.6. The van der Waals surface area contributed by atoms with Crippen LogP contribution < -0.4 is 10.1 Å². The number of nitrogens with zero attached hydrogens (tertiary/aromatic N) is 1. The van der Waals surface area contributed by atoms with Crippen LogP contribution in [-0.4, -0.2) is 30.5 Å². The molecule has 1 saturated heterocycles. The van der Waals surface area contributed by atoms with Crippen LogP contribution in [0.2, 0.25) is 0 Å². The molecule has 1 N–H and O–H groups in total. The minimum atomic E-state index is -0.151. The smallest absolute Gasteiger partial charge is 0.241 e. The highest BCUT2D eigenvalue weighted by Gasteiger charge is 2.33. The molecule has 24 heavy (non-hydrogen) atoms. The molecule has 1 aromatic carbocycles. The molecule has 0 bridgehead atoms. The molecule has 3 rings (SSSR count). The Morgan fingerprint density at radius 1 is 1.29 bits per heavy atom. The van der Waals surface area contributed by atoms with Gasteiger partial charge in [0, 0.05) is 21.5 Å². The Morgan fingerprint density at radius 2 is 2.04 bits per heavy atom. The van der Waals surface area contributed by atoms with Crippen LogP contribution >= 0.6 is 11.3 Å². The van der Waals surface area contributed by atoms with Gasteiger partial charge in [-0.25, -0.2) is 0 Å². The van der Waals surface area contributed by atoms with Gasteiger partial charge in [-0.1, -0.05) is 0 Å². The maximum atomic E-state index is 12.7. The summed E-state index contributed by atoms with van der Waals surface area (Å²) in [5, 5.41) is 3.01. The van der Waals surface area contributed by atoms with E-state index >= 15 is 0 Å². The summed E-state index contributed by atoms with van der Waals surface area (Å²) in [6.07, 6.45) is 2.27. The molecule has 2 aromatic rings. The number of hydrogen-bond acceptors (Lipinski definition) is 4. The number of ether oxygens (including phenoxy) is 1. The van der Waals surface area contributed by atoms with Gasteiger partial charge >= 0.3 is 0 Å². The van der Waals surface area contributed by atoms with E-state index in [1.807, 2.05) is 42.5 Å². The average Bonchev–Trinajstić information content (AvgIpc) is 3.23. The number of likely N-dealkylation sites (tertiary alicyclic amines) is 1. The number of thiophene rings is 1. The van der Waals surface area contributed by atoms with Crippen LogP contribution in [0.25, 0.3) is 0 Å². The molecule has 0 saturated carbocycles. The minimum Gasteiger partial charge on any atom is -0.497 e. The Morgan fingerprint density at radius 3 is 2.67 bits per heavy atom. The third-order valence-electron chi connectivity index (χ3n) is 4.62. The third kappa shape index (κ3) is 3.62. The van der Waals surface area contributed by atoms with Gasteiger partial charge in [-0.05, 0) is 69.6 Å². The highest BCUT2D eigenvalue weighted by Crippen LogP contribution is 2.37. The SMILES string of the molecule is COc1ccc(NC(=O)C(C)N2CCCC2c2ccc(C)s2)cc1. The molecule has 5 heteroatoms. The van der Waals surface area contributed by atoms with Crippen molar-refractivity contribution in [3.8, 4) is 5.75 Å². The molecular weight excluding hydrogens is 320 g/mol. The first kappa shape index (κ1) is 17.0. The van der Waals surface area contributed by atoms with Crippen LogP contribution in [0, 0.1) is 6.92 Å². The van der Waals surface area contributed by atoms with Gasteiger partial charge in [-0.15, -0.1) is 11.3 Å². The van der Waals surface area contributed by atoms with Crippen LogP contribution in [0.1, 0.15) is 35.6 Å². The molecule has 1 aliphatic heterocycles. The maximum Gasteiger partial charge on any atom is 0.241 e. The number of benzene rings is 1. The van der Waals surface area contributed by atoms with Crippen molar-refractivity contribution in [1.29, 1.82) is 0 Å². The summed E-state index contributed by atoms with van der Waals surface area (Å²) in [5.41, 5.74) is 0.801. The fraction of sp³-hybridized carbons (Fsp3) is 0.421. The molecule has 4 nitrogen and oxygen atoms in total. The monoisotopic (exact) mass is 344 g/mol. The highest BCUT2D eigenvalue weighted by molar-refractivity contribution is 7.12. The number of methoxy groups -OCH3 is 1. The standard InChI is InChI=1S/C19H24N2O2S/c1-13-6-11-18(24-13)17-5-4-12-21(17)14(2)19(22)20-15-7-9-16(23-3)10-8-15/h6-11,14,17H,4-5,12H2,1-3H3,(H,20,22). The lowest BCUT2D eigenvalue weighted by Crippen LogP contribution is -2.41. The second kappa shape index (κ2) is 7.36. The number of carbonyl (C=O) groups excluding carboxylic acids is 1. The zero-order valence-electron chi connectivity index (χ0n) is 14.4. The average molecular weight is 344 g/mol. The van der Waals surface area contributed by atoms with E-state index in [1.165, 1.54) is 9.75 Å². The predicted octanol–water partition coefficient (Wildman–Crippen LogP) is 4.23. The Bertz CT molecular complexity index is 696.